The van der Waals surface area contributed by atoms with Gasteiger partial charge in [-0.3, -0.25) is 0 Å². The molecule has 1 saturated heterocycles. The van der Waals surface area contributed by atoms with Crippen LogP contribution < -0.4 is 0 Å². The topological polar surface area (TPSA) is 58.9 Å². The number of ether oxygens (including phenoxy) is 2. The summed E-state index contributed by atoms with van der Waals surface area (Å²) >= 11 is 0. The van der Waals surface area contributed by atoms with E-state index in [2.05, 4.69) is 93.5 Å². The van der Waals surface area contributed by atoms with E-state index < -0.39 is 0 Å². The molecule has 0 unspecified atom stereocenters. The van der Waals surface area contributed by atoms with E-state index in [0.29, 0.717) is 11.5 Å². The second-order valence-electron chi connectivity index (χ2n) is 17.8. The highest BCUT2D eigenvalue weighted by atomic mass is 16.6. The minimum Gasteiger partial charge on any atom is -0.508 e. The normalized spacial score (nSPS) is 38.2. The van der Waals surface area contributed by atoms with Crippen molar-refractivity contribution in [3.8, 4) is 11.5 Å². The lowest BCUT2D eigenvalue weighted by Crippen LogP contribution is -2.64. The average molecular weight is 601 g/mol. The van der Waals surface area contributed by atoms with Gasteiger partial charge in [-0.25, -0.2) is 0 Å². The molecule has 3 fully saturated rings. The summed E-state index contributed by atoms with van der Waals surface area (Å²) in [4.78, 5) is 0. The van der Waals surface area contributed by atoms with Gasteiger partial charge in [0.15, 0.2) is 0 Å². The SMILES string of the molecule is CC(C)c1cc2c(cc1O)[C@]1(C)CCCC(C)(C)[C@H]1[C@@H]1O[C@H]3c4cc(C(C)C)c(O)cc4[C@@]4(C)CCCC(C)(C)[C@@H]4[C@H]3O[C@H]21. The second-order valence-corrected chi connectivity index (χ2v) is 17.8. The first kappa shape index (κ1) is 30.6. The first-order valence-electron chi connectivity index (χ1n) is 17.6. The van der Waals surface area contributed by atoms with Crippen molar-refractivity contribution in [1.82, 2.24) is 0 Å². The van der Waals surface area contributed by atoms with Crippen molar-refractivity contribution < 1.29 is 19.7 Å². The molecule has 0 radical (unpaired) electrons. The van der Waals surface area contributed by atoms with Gasteiger partial charge in [0.2, 0.25) is 0 Å². The Morgan fingerprint density at radius 2 is 0.955 bits per heavy atom. The molecule has 0 aromatic heterocycles. The van der Waals surface area contributed by atoms with Crippen molar-refractivity contribution in [1.29, 1.82) is 0 Å². The van der Waals surface area contributed by atoms with E-state index in [4.69, 9.17) is 9.47 Å². The molecule has 0 amide bonds. The van der Waals surface area contributed by atoms with Gasteiger partial charge in [0.25, 0.3) is 0 Å². The Kier molecular flexibility index (Phi) is 6.77. The molecule has 240 valence electrons. The monoisotopic (exact) mass is 600 g/mol. The van der Waals surface area contributed by atoms with Crippen LogP contribution in [0.25, 0.3) is 0 Å². The zero-order chi connectivity index (χ0) is 31.7. The van der Waals surface area contributed by atoms with Crippen molar-refractivity contribution in [2.24, 2.45) is 22.7 Å². The Labute approximate surface area is 265 Å². The molecule has 1 heterocycles. The van der Waals surface area contributed by atoms with E-state index in [1.54, 1.807) is 0 Å². The summed E-state index contributed by atoms with van der Waals surface area (Å²) in [6.45, 7) is 23.3. The van der Waals surface area contributed by atoms with E-state index in [1.165, 1.54) is 35.1 Å². The van der Waals surface area contributed by atoms with Gasteiger partial charge in [0, 0.05) is 11.8 Å². The molecular formula is C40H56O4. The third-order valence-corrected chi connectivity index (χ3v) is 13.4. The Balaban J connectivity index is 1.47. The summed E-state index contributed by atoms with van der Waals surface area (Å²) in [7, 11) is 0. The number of benzene rings is 2. The van der Waals surface area contributed by atoms with Crippen LogP contribution in [-0.4, -0.2) is 22.4 Å². The molecule has 2 aromatic carbocycles. The van der Waals surface area contributed by atoms with Crippen LogP contribution in [0.4, 0.5) is 0 Å². The summed E-state index contributed by atoms with van der Waals surface area (Å²) in [6, 6.07) is 8.76. The Bertz CT molecular complexity index is 1370. The first-order valence-corrected chi connectivity index (χ1v) is 17.6. The van der Waals surface area contributed by atoms with Crippen LogP contribution >= 0.6 is 0 Å². The van der Waals surface area contributed by atoms with Gasteiger partial charge in [-0.15, -0.1) is 0 Å². The summed E-state index contributed by atoms with van der Waals surface area (Å²) in [5, 5.41) is 22.6. The molecule has 4 nitrogen and oxygen atoms in total. The molecular weight excluding hydrogens is 544 g/mol. The second kappa shape index (κ2) is 9.74. The van der Waals surface area contributed by atoms with Gasteiger partial charge in [-0.05, 0) is 117 Å². The van der Waals surface area contributed by atoms with Crippen LogP contribution in [-0.2, 0) is 20.3 Å². The van der Waals surface area contributed by atoms with Crippen molar-refractivity contribution >= 4 is 0 Å². The Hall–Kier alpha value is -2.04. The molecule has 2 saturated carbocycles. The highest BCUT2D eigenvalue weighted by Crippen LogP contribution is 2.68. The smallest absolute Gasteiger partial charge is 0.119 e. The van der Waals surface area contributed by atoms with Crippen LogP contribution in [0.3, 0.4) is 0 Å². The lowest BCUT2D eigenvalue weighted by molar-refractivity contribution is -0.296. The zero-order valence-corrected chi connectivity index (χ0v) is 28.9. The molecule has 4 heteroatoms. The quantitative estimate of drug-likeness (QED) is 0.360. The molecule has 1 aliphatic heterocycles. The molecule has 7 rings (SSSR count). The Morgan fingerprint density at radius 3 is 1.30 bits per heavy atom. The van der Waals surface area contributed by atoms with E-state index in [0.717, 1.165) is 36.8 Å². The van der Waals surface area contributed by atoms with Crippen molar-refractivity contribution in [2.45, 2.75) is 155 Å². The largest absolute Gasteiger partial charge is 0.508 e. The maximum Gasteiger partial charge on any atom is 0.119 e. The molecule has 5 aliphatic rings. The van der Waals surface area contributed by atoms with Gasteiger partial charge in [0.1, 0.15) is 23.7 Å². The number of rotatable bonds is 2. The Morgan fingerprint density at radius 1 is 0.591 bits per heavy atom. The summed E-state index contributed by atoms with van der Waals surface area (Å²) in [6.07, 6.45) is 6.31. The third-order valence-electron chi connectivity index (χ3n) is 13.4. The highest BCUT2D eigenvalue weighted by Gasteiger charge is 2.65. The van der Waals surface area contributed by atoms with Gasteiger partial charge in [-0.2, -0.15) is 0 Å². The van der Waals surface area contributed by atoms with Crippen LogP contribution in [0, 0.1) is 22.7 Å². The minimum atomic E-state index is -0.176. The predicted octanol–water partition coefficient (Wildman–Crippen LogP) is 10.1. The molecule has 0 bridgehead atoms. The average Bonchev–Trinajstić information content (AvgIpc) is 2.91. The third kappa shape index (κ3) is 4.08. The lowest BCUT2D eigenvalue weighted by atomic mass is 9.47. The fraction of sp³-hybridized carbons (Fsp3) is 0.700. The molecule has 44 heavy (non-hydrogen) atoms. The summed E-state index contributed by atoms with van der Waals surface area (Å²) in [5.41, 5.74) is 6.91. The number of fused-ring (bicyclic) bond motifs is 12. The summed E-state index contributed by atoms with van der Waals surface area (Å²) in [5.74, 6) is 1.78. The van der Waals surface area contributed by atoms with Crippen LogP contribution in [0.2, 0.25) is 0 Å². The van der Waals surface area contributed by atoms with Crippen LogP contribution in [0.1, 0.15) is 165 Å². The molecule has 8 atom stereocenters. The fourth-order valence-corrected chi connectivity index (χ4v) is 11.7. The maximum atomic E-state index is 11.3. The van der Waals surface area contributed by atoms with Crippen molar-refractivity contribution in [3.05, 3.63) is 57.6 Å². The van der Waals surface area contributed by atoms with E-state index in [-0.39, 0.29) is 69.7 Å². The standard InChI is InChI=1S/C40H56O4/c1-21(2)23-17-25-27(19-29(23)41)39(9)15-11-13-37(5,6)35(39)33-31(25)43-34-32(44-33)26-18-24(22(3)4)30(42)20-28(26)40(10)16-12-14-38(7,8)36(34)40/h17-22,31-36,41-42H,11-16H2,1-10H3/t31-,32+,33-,34+,35-,36+,39+,40-. The van der Waals surface area contributed by atoms with Gasteiger partial charge >= 0.3 is 0 Å². The molecule has 2 N–H and O–H groups in total. The number of phenolic OH excluding ortho intramolecular Hbond substituents is 2. The van der Waals surface area contributed by atoms with E-state index in [9.17, 15) is 10.2 Å². The van der Waals surface area contributed by atoms with Crippen LogP contribution in [0.5, 0.6) is 11.5 Å². The lowest BCUT2D eigenvalue weighted by Gasteiger charge is -2.65. The van der Waals surface area contributed by atoms with E-state index >= 15 is 0 Å². The molecule has 4 aliphatic carbocycles. The molecule has 0 spiro atoms. The first-order chi connectivity index (χ1) is 20.5. The zero-order valence-electron chi connectivity index (χ0n) is 28.9. The maximum absolute atomic E-state index is 11.3. The van der Waals surface area contributed by atoms with Crippen molar-refractivity contribution in [3.63, 3.8) is 0 Å². The number of hydrogen-bond acceptors (Lipinski definition) is 4. The van der Waals surface area contributed by atoms with Gasteiger partial charge in [0.05, 0.1) is 12.2 Å². The summed E-state index contributed by atoms with van der Waals surface area (Å²) < 4.78 is 15.3. The highest BCUT2D eigenvalue weighted by molar-refractivity contribution is 5.53. The number of phenols is 2. The predicted molar refractivity (Wildman–Crippen MR) is 177 cm³/mol. The minimum absolute atomic E-state index is 0.0598. The van der Waals surface area contributed by atoms with Crippen LogP contribution in [0.15, 0.2) is 24.3 Å². The fourth-order valence-electron chi connectivity index (χ4n) is 11.7. The van der Waals surface area contributed by atoms with E-state index in [1.807, 2.05) is 0 Å². The van der Waals surface area contributed by atoms with Gasteiger partial charge in [-0.1, -0.05) is 82.1 Å². The van der Waals surface area contributed by atoms with Gasteiger partial charge < -0.3 is 19.7 Å². The number of hydrogen-bond donors (Lipinski definition) is 2. The van der Waals surface area contributed by atoms with Crippen molar-refractivity contribution in [2.75, 3.05) is 0 Å². The molecule has 2 aromatic rings. The number of aromatic hydroxyl groups is 2.